The van der Waals surface area contributed by atoms with Crippen LogP contribution in [0.4, 0.5) is 0 Å². The monoisotopic (exact) mass is 632 g/mol. The van der Waals surface area contributed by atoms with Crippen LogP contribution in [0, 0.1) is 20.8 Å². The molecule has 2 aromatic carbocycles. The van der Waals surface area contributed by atoms with E-state index in [1.807, 2.05) is 0 Å². The number of hydrogen-bond acceptors (Lipinski definition) is 0. The van der Waals surface area contributed by atoms with Crippen LogP contribution < -0.4 is 10.6 Å². The summed E-state index contributed by atoms with van der Waals surface area (Å²) in [6.07, 6.45) is 28.3. The molecule has 3 saturated carbocycles. The van der Waals surface area contributed by atoms with Crippen molar-refractivity contribution >= 4 is 26.5 Å². The minimum atomic E-state index is -0.299. The van der Waals surface area contributed by atoms with Crippen molar-refractivity contribution in [2.45, 2.75) is 132 Å². The Balaban J connectivity index is 0.000000667. The number of benzene rings is 2. The first-order valence-corrected chi connectivity index (χ1v) is 19.1. The largest absolute Gasteiger partial charge is 2.00 e. The Kier molecular flexibility index (Phi) is 17.7. The van der Waals surface area contributed by atoms with Crippen molar-refractivity contribution in [3.8, 4) is 0 Å². The topological polar surface area (TPSA) is 0 Å². The van der Waals surface area contributed by atoms with Crippen LogP contribution in [0.15, 0.2) is 72.8 Å². The molecule has 0 saturated heterocycles. The zero-order valence-corrected chi connectivity index (χ0v) is 29.3. The zero-order chi connectivity index (χ0) is 26.0. The molecule has 2 unspecified atom stereocenters. The van der Waals surface area contributed by atoms with E-state index in [0.29, 0.717) is 0 Å². The van der Waals surface area contributed by atoms with Gasteiger partial charge in [0.1, 0.15) is 0 Å². The fourth-order valence-electron chi connectivity index (χ4n) is 8.08. The van der Waals surface area contributed by atoms with Crippen LogP contribution in [0.1, 0.15) is 110 Å². The molecule has 0 nitrogen and oxygen atoms in total. The Bertz CT molecular complexity index is 885. The first-order valence-electron chi connectivity index (χ1n) is 16.1. The standard InChI is InChI=1S/C31H44P2.C5H8.2CH3.Fe/c1-25(32(26-15-6-2-7-16-26)27-17-8-3-9-18-27)30-23-14-24-31(30)33(28-19-10-4-11-20-28)29-21-12-5-13-22-29;1-2-4-5-3-1;;;/h2-3,6-9,15-18,25,28-31H,4-5,10-14,19-24H2,1H3;1-2H,3-5H2;2*1H3;/q;;2*-1;+2/t25-,30?,31?;;;;/m1..../s1. The molecule has 3 atom stereocenters. The van der Waals surface area contributed by atoms with Gasteiger partial charge in [-0.3, -0.25) is 0 Å². The quantitative estimate of drug-likeness (QED) is 0.123. The number of allylic oxidation sites excluding steroid dienone is 2. The van der Waals surface area contributed by atoms with Crippen molar-refractivity contribution in [3.63, 3.8) is 0 Å². The Morgan fingerprint density at radius 2 is 1.02 bits per heavy atom. The van der Waals surface area contributed by atoms with E-state index in [1.165, 1.54) is 70.6 Å². The van der Waals surface area contributed by atoms with E-state index in [4.69, 9.17) is 0 Å². The van der Waals surface area contributed by atoms with Gasteiger partial charge in [-0.1, -0.05) is 133 Å². The van der Waals surface area contributed by atoms with Crippen LogP contribution in [0.5, 0.6) is 0 Å². The predicted molar refractivity (Wildman–Crippen MR) is 186 cm³/mol. The van der Waals surface area contributed by atoms with E-state index in [1.54, 1.807) is 42.7 Å². The third-order valence-corrected chi connectivity index (χ3v) is 16.9. The average molecular weight is 633 g/mol. The fourth-order valence-corrected chi connectivity index (χ4v) is 16.1. The van der Waals surface area contributed by atoms with Crippen molar-refractivity contribution in [2.75, 3.05) is 0 Å². The summed E-state index contributed by atoms with van der Waals surface area (Å²) in [5, 5.41) is 3.19. The molecule has 0 N–H and O–H groups in total. The first kappa shape index (κ1) is 36.7. The summed E-state index contributed by atoms with van der Waals surface area (Å²) in [7, 11) is -0.121. The molecule has 0 aliphatic heterocycles. The molecular weight excluding hydrogens is 574 g/mol. The van der Waals surface area contributed by atoms with Crippen molar-refractivity contribution in [1.82, 2.24) is 0 Å². The second-order valence-corrected chi connectivity index (χ2v) is 18.0. The van der Waals surface area contributed by atoms with Gasteiger partial charge in [0.2, 0.25) is 0 Å². The van der Waals surface area contributed by atoms with Gasteiger partial charge in [0.15, 0.2) is 0 Å². The summed E-state index contributed by atoms with van der Waals surface area (Å²) in [6.45, 7) is 2.66. The van der Waals surface area contributed by atoms with E-state index >= 15 is 0 Å². The molecule has 41 heavy (non-hydrogen) atoms. The van der Waals surface area contributed by atoms with E-state index in [-0.39, 0.29) is 47.8 Å². The fraction of sp³-hybridized carbons (Fsp3) is 0.579. The van der Waals surface area contributed by atoms with Crippen LogP contribution in [0.2, 0.25) is 0 Å². The van der Waals surface area contributed by atoms with Gasteiger partial charge in [-0.2, -0.15) is 0 Å². The first-order chi connectivity index (χ1) is 18.8. The summed E-state index contributed by atoms with van der Waals surface area (Å²) >= 11 is 0. The van der Waals surface area contributed by atoms with Crippen LogP contribution in [-0.4, -0.2) is 22.6 Å². The maximum absolute atomic E-state index is 2.66. The smallest absolute Gasteiger partial charge is 0.358 e. The zero-order valence-electron chi connectivity index (χ0n) is 26.4. The number of hydrogen-bond donors (Lipinski definition) is 0. The summed E-state index contributed by atoms with van der Waals surface area (Å²) < 4.78 is 0. The van der Waals surface area contributed by atoms with Crippen LogP contribution >= 0.6 is 15.8 Å². The van der Waals surface area contributed by atoms with Gasteiger partial charge in [-0.05, 0) is 105 Å². The van der Waals surface area contributed by atoms with Crippen molar-refractivity contribution in [2.24, 2.45) is 5.92 Å². The molecule has 0 amide bonds. The second kappa shape index (κ2) is 19.8. The van der Waals surface area contributed by atoms with Crippen molar-refractivity contribution in [3.05, 3.63) is 87.7 Å². The van der Waals surface area contributed by atoms with Gasteiger partial charge >= 0.3 is 17.1 Å². The normalized spacial score (nSPS) is 23.6. The molecule has 0 spiro atoms. The van der Waals surface area contributed by atoms with E-state index in [2.05, 4.69) is 79.7 Å². The Morgan fingerprint density at radius 1 is 0.561 bits per heavy atom. The van der Waals surface area contributed by atoms with Crippen molar-refractivity contribution in [1.29, 1.82) is 0 Å². The molecule has 0 heterocycles. The summed E-state index contributed by atoms with van der Waals surface area (Å²) in [6, 6.07) is 23.1. The molecule has 3 heteroatoms. The van der Waals surface area contributed by atoms with E-state index in [0.717, 1.165) is 28.6 Å². The Morgan fingerprint density at radius 3 is 1.44 bits per heavy atom. The SMILES string of the molecule is C1=CCCC1.C[C@H](C1CCCC1P(C1CCCCC1)C1CCCCC1)P(c1ccccc1)c1ccccc1.[CH3-].[CH3-].[Fe+2]. The summed E-state index contributed by atoms with van der Waals surface area (Å²) in [4.78, 5) is 0. The summed E-state index contributed by atoms with van der Waals surface area (Å²) in [5.41, 5.74) is 4.01. The molecule has 4 aliphatic rings. The predicted octanol–water partition coefficient (Wildman–Crippen LogP) is 11.4. The van der Waals surface area contributed by atoms with Crippen molar-refractivity contribution < 1.29 is 17.1 Å². The van der Waals surface area contributed by atoms with E-state index in [9.17, 15) is 0 Å². The van der Waals surface area contributed by atoms with Gasteiger partial charge < -0.3 is 14.9 Å². The van der Waals surface area contributed by atoms with Gasteiger partial charge in [-0.15, -0.1) is 0 Å². The Hall–Kier alpha value is -0.441. The third-order valence-electron chi connectivity index (χ3n) is 9.91. The van der Waals surface area contributed by atoms with Gasteiger partial charge in [0.05, 0.1) is 0 Å². The maximum Gasteiger partial charge on any atom is 2.00 e. The molecule has 4 aliphatic carbocycles. The third kappa shape index (κ3) is 10.0. The molecule has 2 aromatic rings. The van der Waals surface area contributed by atoms with Gasteiger partial charge in [0.25, 0.3) is 0 Å². The van der Waals surface area contributed by atoms with Crippen LogP contribution in [0.3, 0.4) is 0 Å². The molecular formula is C38H58FeP2. The molecule has 3 fully saturated rings. The average Bonchev–Trinajstić information content (AvgIpc) is 3.72. The molecule has 228 valence electrons. The minimum absolute atomic E-state index is 0. The molecule has 6 rings (SSSR count). The van der Waals surface area contributed by atoms with Crippen LogP contribution in [-0.2, 0) is 17.1 Å². The minimum Gasteiger partial charge on any atom is -0.358 e. The Labute approximate surface area is 268 Å². The van der Waals surface area contributed by atoms with E-state index < -0.39 is 0 Å². The number of rotatable bonds is 7. The van der Waals surface area contributed by atoms with Gasteiger partial charge in [-0.25, -0.2) is 0 Å². The second-order valence-electron chi connectivity index (χ2n) is 12.4. The van der Waals surface area contributed by atoms with Crippen LogP contribution in [0.25, 0.3) is 0 Å². The molecule has 0 aromatic heterocycles. The maximum atomic E-state index is 2.66. The van der Waals surface area contributed by atoms with Gasteiger partial charge in [0, 0.05) is 0 Å². The molecule has 0 radical (unpaired) electrons. The summed E-state index contributed by atoms with van der Waals surface area (Å²) in [5.74, 6) is 0.937. The molecule has 0 bridgehead atoms.